The summed E-state index contributed by atoms with van der Waals surface area (Å²) in [7, 11) is 0. The zero-order chi connectivity index (χ0) is 12.3. The van der Waals surface area contributed by atoms with Crippen LogP contribution < -0.4 is 5.73 Å². The Morgan fingerprint density at radius 2 is 1.76 bits per heavy atom. The second-order valence-electron chi connectivity index (χ2n) is 3.96. The highest BCUT2D eigenvalue weighted by molar-refractivity contribution is 5.94. The lowest BCUT2D eigenvalue weighted by Crippen LogP contribution is -2.10. The molecule has 0 fully saturated rings. The number of hydrogen-bond donors (Lipinski definition) is 3. The Bertz CT molecular complexity index is 532. The average molecular weight is 226 g/mol. The largest absolute Gasteiger partial charge is 0.508 e. The Morgan fingerprint density at radius 3 is 2.35 bits per heavy atom. The van der Waals surface area contributed by atoms with Gasteiger partial charge < -0.3 is 10.8 Å². The minimum absolute atomic E-state index is 0.0777. The van der Waals surface area contributed by atoms with Gasteiger partial charge >= 0.3 is 0 Å². The molecule has 0 saturated carbocycles. The van der Waals surface area contributed by atoms with Crippen molar-refractivity contribution in [2.24, 2.45) is 5.73 Å². The number of nitrogens with one attached hydrogen (secondary N) is 1. The molecule has 0 aliphatic heterocycles. The van der Waals surface area contributed by atoms with Gasteiger partial charge in [0, 0.05) is 5.56 Å². The summed E-state index contributed by atoms with van der Waals surface area (Å²) in [4.78, 5) is 0. The first-order valence-corrected chi connectivity index (χ1v) is 5.36. The van der Waals surface area contributed by atoms with Gasteiger partial charge in [-0.1, -0.05) is 36.4 Å². The zero-order valence-electron chi connectivity index (χ0n) is 9.35. The predicted octanol–water partition coefficient (Wildman–Crippen LogP) is 2.27. The normalized spacial score (nSPS) is 10.1. The van der Waals surface area contributed by atoms with E-state index in [1.165, 1.54) is 0 Å². The van der Waals surface area contributed by atoms with Crippen LogP contribution in [0.3, 0.4) is 0 Å². The maximum absolute atomic E-state index is 9.36. The van der Waals surface area contributed by atoms with E-state index >= 15 is 0 Å². The first-order valence-electron chi connectivity index (χ1n) is 5.36. The number of phenolic OH excluding ortho intramolecular Hbond substituents is 1. The summed E-state index contributed by atoms with van der Waals surface area (Å²) in [6.45, 7) is 0. The third kappa shape index (κ3) is 2.84. The Hall–Kier alpha value is -2.29. The summed E-state index contributed by atoms with van der Waals surface area (Å²) in [6, 6.07) is 14.8. The molecule has 0 aliphatic carbocycles. The Balaban J connectivity index is 2.16. The van der Waals surface area contributed by atoms with Crippen molar-refractivity contribution >= 4 is 5.84 Å². The molecule has 0 atom stereocenters. The summed E-state index contributed by atoms with van der Waals surface area (Å²) in [5.41, 5.74) is 8.29. The molecule has 2 aromatic carbocycles. The van der Waals surface area contributed by atoms with E-state index in [9.17, 15) is 5.11 Å². The fourth-order valence-electron chi connectivity index (χ4n) is 1.70. The standard InChI is InChI=1S/C14H14N2O/c15-14(16)12-6-4-10(5-7-12)8-11-2-1-3-13(17)9-11/h1-7,9,17H,8H2,(H3,15,16). The lowest BCUT2D eigenvalue weighted by atomic mass is 10.0. The number of amidine groups is 1. The molecule has 0 saturated heterocycles. The van der Waals surface area contributed by atoms with Gasteiger partial charge in [-0.15, -0.1) is 0 Å². The van der Waals surface area contributed by atoms with Crippen LogP contribution >= 0.6 is 0 Å². The van der Waals surface area contributed by atoms with E-state index in [-0.39, 0.29) is 11.6 Å². The third-order valence-electron chi connectivity index (χ3n) is 2.58. The molecule has 0 heterocycles. The fourth-order valence-corrected chi connectivity index (χ4v) is 1.70. The number of nitrogens with two attached hydrogens (primary N) is 1. The number of rotatable bonds is 3. The van der Waals surface area contributed by atoms with E-state index in [2.05, 4.69) is 0 Å². The zero-order valence-corrected chi connectivity index (χ0v) is 9.35. The minimum Gasteiger partial charge on any atom is -0.508 e. The van der Waals surface area contributed by atoms with Crippen LogP contribution in [0.15, 0.2) is 48.5 Å². The summed E-state index contributed by atoms with van der Waals surface area (Å²) in [5, 5.41) is 16.7. The number of phenols is 1. The average Bonchev–Trinajstić information content (AvgIpc) is 2.29. The maximum atomic E-state index is 9.36. The van der Waals surface area contributed by atoms with E-state index in [0.717, 1.165) is 23.1 Å². The van der Waals surface area contributed by atoms with E-state index in [4.69, 9.17) is 11.1 Å². The summed E-state index contributed by atoms with van der Waals surface area (Å²) >= 11 is 0. The fraction of sp³-hybridized carbons (Fsp3) is 0.0714. The second-order valence-corrected chi connectivity index (χ2v) is 3.96. The van der Waals surface area contributed by atoms with Gasteiger partial charge in [0.15, 0.2) is 0 Å². The lowest BCUT2D eigenvalue weighted by Gasteiger charge is -2.04. The summed E-state index contributed by atoms with van der Waals surface area (Å²) < 4.78 is 0. The highest BCUT2D eigenvalue weighted by Crippen LogP contribution is 2.15. The lowest BCUT2D eigenvalue weighted by molar-refractivity contribution is 0.474. The van der Waals surface area contributed by atoms with Crippen LogP contribution in [0, 0.1) is 5.41 Å². The Kier molecular flexibility index (Phi) is 3.10. The molecule has 0 bridgehead atoms. The molecule has 17 heavy (non-hydrogen) atoms. The van der Waals surface area contributed by atoms with Crippen molar-refractivity contribution in [2.75, 3.05) is 0 Å². The molecule has 2 aromatic rings. The predicted molar refractivity (Wildman–Crippen MR) is 68.4 cm³/mol. The van der Waals surface area contributed by atoms with Crippen molar-refractivity contribution < 1.29 is 5.11 Å². The van der Waals surface area contributed by atoms with Gasteiger partial charge in [0.05, 0.1) is 0 Å². The molecule has 0 radical (unpaired) electrons. The first kappa shape index (κ1) is 11.2. The molecular weight excluding hydrogens is 212 g/mol. The van der Waals surface area contributed by atoms with Gasteiger partial charge in [0.2, 0.25) is 0 Å². The maximum Gasteiger partial charge on any atom is 0.122 e. The second kappa shape index (κ2) is 4.70. The van der Waals surface area contributed by atoms with E-state index < -0.39 is 0 Å². The van der Waals surface area contributed by atoms with Crippen molar-refractivity contribution in [1.29, 1.82) is 5.41 Å². The monoisotopic (exact) mass is 226 g/mol. The Morgan fingerprint density at radius 1 is 1.06 bits per heavy atom. The molecule has 0 amide bonds. The molecule has 4 N–H and O–H groups in total. The van der Waals surface area contributed by atoms with E-state index in [1.54, 1.807) is 12.1 Å². The summed E-state index contributed by atoms with van der Waals surface area (Å²) in [5.74, 6) is 0.358. The van der Waals surface area contributed by atoms with Crippen LogP contribution in [0.5, 0.6) is 5.75 Å². The highest BCUT2D eigenvalue weighted by Gasteiger charge is 1.99. The van der Waals surface area contributed by atoms with Crippen LogP contribution in [-0.2, 0) is 6.42 Å². The van der Waals surface area contributed by atoms with Crippen molar-refractivity contribution in [1.82, 2.24) is 0 Å². The van der Waals surface area contributed by atoms with Gasteiger partial charge in [-0.2, -0.15) is 0 Å². The quantitative estimate of drug-likeness (QED) is 0.555. The third-order valence-corrected chi connectivity index (χ3v) is 2.58. The van der Waals surface area contributed by atoms with Crippen molar-refractivity contribution in [3.63, 3.8) is 0 Å². The number of hydrogen-bond acceptors (Lipinski definition) is 2. The molecule has 0 aliphatic rings. The van der Waals surface area contributed by atoms with Gasteiger partial charge in [-0.3, -0.25) is 5.41 Å². The molecule has 3 heteroatoms. The van der Waals surface area contributed by atoms with Crippen molar-refractivity contribution in [3.05, 3.63) is 65.2 Å². The molecule has 86 valence electrons. The number of aromatic hydroxyl groups is 1. The molecule has 0 unspecified atom stereocenters. The smallest absolute Gasteiger partial charge is 0.122 e. The van der Waals surface area contributed by atoms with Gasteiger partial charge in [0.25, 0.3) is 0 Å². The summed E-state index contributed by atoms with van der Waals surface area (Å²) in [6.07, 6.45) is 0.757. The van der Waals surface area contributed by atoms with Crippen LogP contribution in [0.4, 0.5) is 0 Å². The highest BCUT2D eigenvalue weighted by atomic mass is 16.3. The molecular formula is C14H14N2O. The van der Waals surface area contributed by atoms with E-state index in [1.807, 2.05) is 36.4 Å². The van der Waals surface area contributed by atoms with Crippen molar-refractivity contribution in [3.8, 4) is 5.75 Å². The van der Waals surface area contributed by atoms with Crippen LogP contribution in [0.25, 0.3) is 0 Å². The van der Waals surface area contributed by atoms with Gasteiger partial charge in [-0.05, 0) is 29.7 Å². The van der Waals surface area contributed by atoms with Crippen LogP contribution in [-0.4, -0.2) is 10.9 Å². The first-order chi connectivity index (χ1) is 8.15. The van der Waals surface area contributed by atoms with Gasteiger partial charge in [-0.25, -0.2) is 0 Å². The van der Waals surface area contributed by atoms with Crippen molar-refractivity contribution in [2.45, 2.75) is 6.42 Å². The SMILES string of the molecule is N=C(N)c1ccc(Cc2cccc(O)c2)cc1. The molecule has 0 spiro atoms. The topological polar surface area (TPSA) is 70.1 Å². The molecule has 0 aromatic heterocycles. The van der Waals surface area contributed by atoms with E-state index in [0.29, 0.717) is 0 Å². The Labute approximate surface area is 100 Å². The molecule has 3 nitrogen and oxygen atoms in total. The molecule has 2 rings (SSSR count). The minimum atomic E-state index is 0.0777. The van der Waals surface area contributed by atoms with Crippen LogP contribution in [0.1, 0.15) is 16.7 Å². The van der Waals surface area contributed by atoms with Crippen LogP contribution in [0.2, 0.25) is 0 Å². The number of nitrogen functional groups attached to an aromatic ring is 1. The van der Waals surface area contributed by atoms with Gasteiger partial charge in [0.1, 0.15) is 11.6 Å². The number of benzene rings is 2.